The zero-order valence-corrected chi connectivity index (χ0v) is 9.64. The fourth-order valence-corrected chi connectivity index (χ4v) is 2.52. The van der Waals surface area contributed by atoms with Gasteiger partial charge in [0.1, 0.15) is 6.10 Å². The van der Waals surface area contributed by atoms with E-state index < -0.39 is 0 Å². The first-order valence-corrected chi connectivity index (χ1v) is 5.98. The lowest BCUT2D eigenvalue weighted by molar-refractivity contribution is -0.148. The number of esters is 1. The second kappa shape index (κ2) is 4.81. The average molecular weight is 198 g/mol. The average Bonchev–Trinajstić information content (AvgIpc) is 2.80. The van der Waals surface area contributed by atoms with E-state index in [1.165, 1.54) is 12.8 Å². The lowest BCUT2D eigenvalue weighted by atomic mass is 9.83. The summed E-state index contributed by atoms with van der Waals surface area (Å²) in [6, 6.07) is 0. The highest BCUT2D eigenvalue weighted by molar-refractivity contribution is 5.79. The third kappa shape index (κ3) is 1.94. The first-order chi connectivity index (χ1) is 6.77. The van der Waals surface area contributed by atoms with E-state index in [-0.39, 0.29) is 17.5 Å². The molecule has 14 heavy (non-hydrogen) atoms. The molecule has 1 heterocycles. The molecule has 2 heteroatoms. The second-order valence-electron chi connectivity index (χ2n) is 4.13. The van der Waals surface area contributed by atoms with Crippen LogP contribution < -0.4 is 0 Å². The second-order valence-corrected chi connectivity index (χ2v) is 4.13. The van der Waals surface area contributed by atoms with Crippen LogP contribution in [-0.2, 0) is 9.53 Å². The summed E-state index contributed by atoms with van der Waals surface area (Å²) in [6.45, 7) is 6.09. The van der Waals surface area contributed by atoms with E-state index in [0.717, 1.165) is 25.7 Å². The van der Waals surface area contributed by atoms with E-state index in [1.807, 2.05) is 13.8 Å². The third-order valence-corrected chi connectivity index (χ3v) is 3.34. The number of ether oxygens (including phenoxy) is 1. The fraction of sp³-hybridized carbons (Fsp3) is 0.917. The van der Waals surface area contributed by atoms with Gasteiger partial charge in [-0.2, -0.15) is 0 Å². The fourth-order valence-electron chi connectivity index (χ4n) is 2.52. The minimum absolute atomic E-state index is 0.0410. The Morgan fingerprint density at radius 3 is 2.36 bits per heavy atom. The van der Waals surface area contributed by atoms with Gasteiger partial charge in [0.2, 0.25) is 0 Å². The third-order valence-electron chi connectivity index (χ3n) is 3.34. The Morgan fingerprint density at radius 2 is 1.93 bits per heavy atom. The number of cyclic esters (lactones) is 1. The van der Waals surface area contributed by atoms with Gasteiger partial charge in [0, 0.05) is 6.42 Å². The van der Waals surface area contributed by atoms with Gasteiger partial charge in [-0.3, -0.25) is 4.79 Å². The van der Waals surface area contributed by atoms with E-state index >= 15 is 0 Å². The van der Waals surface area contributed by atoms with E-state index in [4.69, 9.17) is 4.74 Å². The number of carbonyl (C=O) groups excluding carboxylic acids is 1. The molecule has 0 aromatic carbocycles. The van der Waals surface area contributed by atoms with Gasteiger partial charge in [-0.25, -0.2) is 0 Å². The van der Waals surface area contributed by atoms with Crippen LogP contribution in [0.3, 0.4) is 0 Å². The monoisotopic (exact) mass is 198 g/mol. The van der Waals surface area contributed by atoms with Gasteiger partial charge in [-0.15, -0.1) is 0 Å². The standard InChI is InChI=1S/C10H16O2.C2H6/c1-2-8-7-10(9(11)12-8)5-3-4-6-10;1-2/h8H,2-7H2,1H3;1-2H3. The molecule has 82 valence electrons. The van der Waals surface area contributed by atoms with Crippen LogP contribution >= 0.6 is 0 Å². The summed E-state index contributed by atoms with van der Waals surface area (Å²) in [5.41, 5.74) is -0.0410. The Kier molecular flexibility index (Phi) is 3.97. The summed E-state index contributed by atoms with van der Waals surface area (Å²) < 4.78 is 5.31. The molecule has 2 fully saturated rings. The van der Waals surface area contributed by atoms with Crippen molar-refractivity contribution in [2.75, 3.05) is 0 Å². The SMILES string of the molecule is CC.CCC1CC2(CCCC2)C(=O)O1. The molecule has 2 rings (SSSR count). The molecule has 0 radical (unpaired) electrons. The molecule has 1 atom stereocenters. The molecule has 0 aromatic heterocycles. The quantitative estimate of drug-likeness (QED) is 0.604. The summed E-state index contributed by atoms with van der Waals surface area (Å²) in [7, 11) is 0. The minimum atomic E-state index is -0.0410. The predicted octanol–water partition coefficient (Wildman–Crippen LogP) is 3.30. The van der Waals surface area contributed by atoms with Crippen LogP contribution in [0.2, 0.25) is 0 Å². The summed E-state index contributed by atoms with van der Waals surface area (Å²) in [4.78, 5) is 11.5. The number of rotatable bonds is 1. The summed E-state index contributed by atoms with van der Waals surface area (Å²) in [5, 5.41) is 0. The van der Waals surface area contributed by atoms with Crippen LogP contribution in [0.25, 0.3) is 0 Å². The molecule has 1 unspecified atom stereocenters. The zero-order chi connectivity index (χ0) is 10.6. The van der Waals surface area contributed by atoms with Gasteiger partial charge < -0.3 is 4.74 Å². The Balaban J connectivity index is 0.000000461. The molecule has 0 bridgehead atoms. The molecule has 1 aliphatic heterocycles. The summed E-state index contributed by atoms with van der Waals surface area (Å²) >= 11 is 0. The summed E-state index contributed by atoms with van der Waals surface area (Å²) in [6.07, 6.45) is 6.76. The maximum absolute atomic E-state index is 11.5. The van der Waals surface area contributed by atoms with E-state index in [0.29, 0.717) is 0 Å². The minimum Gasteiger partial charge on any atom is -0.462 e. The number of hydrogen-bond acceptors (Lipinski definition) is 2. The first-order valence-electron chi connectivity index (χ1n) is 5.98. The molecule has 0 amide bonds. The van der Waals surface area contributed by atoms with Gasteiger partial charge in [0.25, 0.3) is 0 Å². The van der Waals surface area contributed by atoms with Crippen LogP contribution in [0.4, 0.5) is 0 Å². The first kappa shape index (κ1) is 11.5. The van der Waals surface area contributed by atoms with Gasteiger partial charge >= 0.3 is 5.97 Å². The van der Waals surface area contributed by atoms with Gasteiger partial charge in [0.05, 0.1) is 5.41 Å². The van der Waals surface area contributed by atoms with Crippen molar-refractivity contribution in [2.24, 2.45) is 5.41 Å². The van der Waals surface area contributed by atoms with Crippen molar-refractivity contribution in [1.29, 1.82) is 0 Å². The Labute approximate surface area is 87.0 Å². The van der Waals surface area contributed by atoms with Crippen molar-refractivity contribution in [3.05, 3.63) is 0 Å². The smallest absolute Gasteiger partial charge is 0.312 e. The largest absolute Gasteiger partial charge is 0.462 e. The normalized spacial score (nSPS) is 28.5. The Bertz CT molecular complexity index is 192. The van der Waals surface area contributed by atoms with E-state index in [9.17, 15) is 4.79 Å². The lowest BCUT2D eigenvalue weighted by Crippen LogP contribution is -2.21. The van der Waals surface area contributed by atoms with E-state index in [2.05, 4.69) is 6.92 Å². The molecule has 1 aliphatic carbocycles. The number of hydrogen-bond donors (Lipinski definition) is 0. The van der Waals surface area contributed by atoms with Crippen LogP contribution in [0.5, 0.6) is 0 Å². The molecule has 2 nitrogen and oxygen atoms in total. The maximum atomic E-state index is 11.5. The van der Waals surface area contributed by atoms with Crippen LogP contribution in [-0.4, -0.2) is 12.1 Å². The van der Waals surface area contributed by atoms with Crippen LogP contribution in [0, 0.1) is 5.41 Å². The van der Waals surface area contributed by atoms with Crippen molar-refractivity contribution in [2.45, 2.75) is 65.4 Å². The van der Waals surface area contributed by atoms with E-state index in [1.54, 1.807) is 0 Å². The molecular weight excluding hydrogens is 176 g/mol. The van der Waals surface area contributed by atoms with Crippen LogP contribution in [0.15, 0.2) is 0 Å². The van der Waals surface area contributed by atoms with Crippen molar-refractivity contribution in [1.82, 2.24) is 0 Å². The zero-order valence-electron chi connectivity index (χ0n) is 9.64. The molecular formula is C12H22O2. The highest BCUT2D eigenvalue weighted by atomic mass is 16.6. The topological polar surface area (TPSA) is 26.3 Å². The van der Waals surface area contributed by atoms with Gasteiger partial charge in [-0.1, -0.05) is 33.6 Å². The van der Waals surface area contributed by atoms with Crippen molar-refractivity contribution in [3.8, 4) is 0 Å². The molecule has 1 saturated carbocycles. The highest BCUT2D eigenvalue weighted by Crippen LogP contribution is 2.47. The highest BCUT2D eigenvalue weighted by Gasteiger charge is 2.49. The predicted molar refractivity (Wildman–Crippen MR) is 57.0 cm³/mol. The van der Waals surface area contributed by atoms with Crippen LogP contribution in [0.1, 0.15) is 59.3 Å². The number of carbonyl (C=O) groups is 1. The van der Waals surface area contributed by atoms with Crippen molar-refractivity contribution < 1.29 is 9.53 Å². The maximum Gasteiger partial charge on any atom is 0.312 e. The lowest BCUT2D eigenvalue weighted by Gasteiger charge is -2.15. The Hall–Kier alpha value is -0.530. The molecule has 1 spiro atoms. The Morgan fingerprint density at radius 1 is 1.36 bits per heavy atom. The molecule has 0 aromatic rings. The summed E-state index contributed by atoms with van der Waals surface area (Å²) in [5.74, 6) is 0.0897. The van der Waals surface area contributed by atoms with Crippen molar-refractivity contribution >= 4 is 5.97 Å². The van der Waals surface area contributed by atoms with Gasteiger partial charge in [-0.05, 0) is 19.3 Å². The van der Waals surface area contributed by atoms with Gasteiger partial charge in [0.15, 0.2) is 0 Å². The molecule has 0 N–H and O–H groups in total. The molecule has 1 saturated heterocycles. The molecule has 2 aliphatic rings. The van der Waals surface area contributed by atoms with Crippen molar-refractivity contribution in [3.63, 3.8) is 0 Å².